The minimum absolute atomic E-state index is 0.0134. The fourth-order valence-electron chi connectivity index (χ4n) is 1.90. The van der Waals surface area contributed by atoms with Crippen LogP contribution in [0.4, 0.5) is 5.69 Å². The van der Waals surface area contributed by atoms with Crippen LogP contribution in [0.1, 0.15) is 31.2 Å². The Hall–Kier alpha value is -2.75. The van der Waals surface area contributed by atoms with Gasteiger partial charge in [-0.1, -0.05) is 13.8 Å². The van der Waals surface area contributed by atoms with Crippen LogP contribution in [-0.4, -0.2) is 38.2 Å². The normalized spacial score (nSPS) is 11.3. The van der Waals surface area contributed by atoms with Gasteiger partial charge in [-0.15, -0.1) is 0 Å². The molecule has 1 heterocycles. The molecule has 9 nitrogen and oxygen atoms in total. The lowest BCUT2D eigenvalue weighted by Crippen LogP contribution is -2.01. The summed E-state index contributed by atoms with van der Waals surface area (Å²) in [5.74, 6) is 0.174. The summed E-state index contributed by atoms with van der Waals surface area (Å²) in [4.78, 5) is 10.3. The number of rotatable bonds is 5. The molecule has 2 N–H and O–H groups in total. The molecule has 0 aliphatic heterocycles. The van der Waals surface area contributed by atoms with Crippen molar-refractivity contribution in [2.24, 2.45) is 5.10 Å². The SMILES string of the molecule is COc1cc(/C=N/n2c(C(C)C)n[nH]c2=S)cc([N+](=O)[O-])c1O. The van der Waals surface area contributed by atoms with E-state index in [1.807, 2.05) is 13.8 Å². The minimum Gasteiger partial charge on any atom is -0.500 e. The average Bonchev–Trinajstić information content (AvgIpc) is 2.87. The topological polar surface area (TPSA) is 119 Å². The summed E-state index contributed by atoms with van der Waals surface area (Å²) in [6.07, 6.45) is 1.38. The Morgan fingerprint density at radius 3 is 2.83 bits per heavy atom. The first-order valence-corrected chi connectivity index (χ1v) is 7.03. The molecule has 0 saturated carbocycles. The van der Waals surface area contributed by atoms with Crippen molar-refractivity contribution >= 4 is 24.1 Å². The summed E-state index contributed by atoms with van der Waals surface area (Å²) in [5, 5.41) is 31.7. The van der Waals surface area contributed by atoms with Crippen LogP contribution in [-0.2, 0) is 0 Å². The Labute approximate surface area is 136 Å². The first-order valence-electron chi connectivity index (χ1n) is 6.62. The van der Waals surface area contributed by atoms with Gasteiger partial charge in [0.15, 0.2) is 11.6 Å². The van der Waals surface area contributed by atoms with Gasteiger partial charge in [-0.05, 0) is 18.3 Å². The standard InChI is InChI=1S/C13H15N5O4S/c1-7(2)12-15-16-13(23)17(12)14-6-8-4-9(18(20)21)11(19)10(5-8)22-3/h4-7,19H,1-3H3,(H,16,23)/b14-6+. The molecule has 0 radical (unpaired) electrons. The predicted molar refractivity (Wildman–Crippen MR) is 85.8 cm³/mol. The second kappa shape index (κ2) is 6.57. The number of aromatic amines is 1. The summed E-state index contributed by atoms with van der Waals surface area (Å²) in [6, 6.07) is 2.63. The van der Waals surface area contributed by atoms with Gasteiger partial charge in [-0.25, -0.2) is 0 Å². The molecule has 0 spiro atoms. The number of ether oxygens (including phenoxy) is 1. The minimum atomic E-state index is -0.696. The molecule has 0 amide bonds. The van der Waals surface area contributed by atoms with E-state index in [0.717, 1.165) is 0 Å². The Morgan fingerprint density at radius 2 is 2.26 bits per heavy atom. The number of aromatic nitrogens is 3. The van der Waals surface area contributed by atoms with E-state index >= 15 is 0 Å². The highest BCUT2D eigenvalue weighted by molar-refractivity contribution is 7.71. The molecular formula is C13H15N5O4S. The lowest BCUT2D eigenvalue weighted by Gasteiger charge is -2.06. The number of nitrogens with one attached hydrogen (secondary N) is 1. The van der Waals surface area contributed by atoms with Crippen LogP contribution in [0, 0.1) is 14.9 Å². The smallest absolute Gasteiger partial charge is 0.315 e. The van der Waals surface area contributed by atoms with E-state index < -0.39 is 16.4 Å². The number of phenolic OH excluding ortho intramolecular Hbond substituents is 1. The zero-order valence-corrected chi connectivity index (χ0v) is 13.5. The number of nitro benzene ring substituents is 1. The van der Waals surface area contributed by atoms with Crippen LogP contribution < -0.4 is 4.74 Å². The van der Waals surface area contributed by atoms with Gasteiger partial charge in [-0.2, -0.15) is 14.9 Å². The third-order valence-corrected chi connectivity index (χ3v) is 3.27. The highest BCUT2D eigenvalue weighted by Crippen LogP contribution is 2.36. The fourth-order valence-corrected chi connectivity index (χ4v) is 2.08. The van der Waals surface area contributed by atoms with Crippen molar-refractivity contribution in [2.75, 3.05) is 7.11 Å². The Bertz CT molecular complexity index is 824. The van der Waals surface area contributed by atoms with E-state index in [1.54, 1.807) is 0 Å². The van der Waals surface area contributed by atoms with Gasteiger partial charge < -0.3 is 9.84 Å². The van der Waals surface area contributed by atoms with Gasteiger partial charge in [0, 0.05) is 17.5 Å². The van der Waals surface area contributed by atoms with Crippen LogP contribution in [0.15, 0.2) is 17.2 Å². The number of benzene rings is 1. The quantitative estimate of drug-likeness (QED) is 0.374. The number of methoxy groups -OCH3 is 1. The van der Waals surface area contributed by atoms with Crippen LogP contribution >= 0.6 is 12.2 Å². The maximum atomic E-state index is 11.0. The number of nitrogens with zero attached hydrogens (tertiary/aromatic N) is 4. The molecule has 2 rings (SSSR count). The molecule has 2 aromatic rings. The van der Waals surface area contributed by atoms with Gasteiger partial charge in [-0.3, -0.25) is 15.2 Å². The van der Waals surface area contributed by atoms with E-state index in [2.05, 4.69) is 15.3 Å². The largest absolute Gasteiger partial charge is 0.500 e. The zero-order chi connectivity index (χ0) is 17.1. The van der Waals surface area contributed by atoms with Crippen molar-refractivity contribution < 1.29 is 14.8 Å². The van der Waals surface area contributed by atoms with Crippen LogP contribution in [0.3, 0.4) is 0 Å². The first kappa shape index (κ1) is 16.6. The maximum Gasteiger partial charge on any atom is 0.315 e. The number of phenols is 1. The second-order valence-electron chi connectivity index (χ2n) is 4.95. The lowest BCUT2D eigenvalue weighted by molar-refractivity contribution is -0.386. The summed E-state index contributed by atoms with van der Waals surface area (Å²) in [5.41, 5.74) is -0.0881. The van der Waals surface area contributed by atoms with Crippen LogP contribution in [0.5, 0.6) is 11.5 Å². The summed E-state index contributed by atoms with van der Waals surface area (Å²) in [7, 11) is 1.31. The molecule has 0 aliphatic rings. The predicted octanol–water partition coefficient (Wildman–Crippen LogP) is 2.57. The molecule has 0 atom stereocenters. The summed E-state index contributed by atoms with van der Waals surface area (Å²) < 4.78 is 6.68. The average molecular weight is 337 g/mol. The van der Waals surface area contributed by atoms with Gasteiger partial charge in [0.2, 0.25) is 10.5 Å². The molecule has 0 aliphatic carbocycles. The molecule has 10 heteroatoms. The van der Waals surface area contributed by atoms with Crippen molar-refractivity contribution in [2.45, 2.75) is 19.8 Å². The van der Waals surface area contributed by atoms with Gasteiger partial charge in [0.25, 0.3) is 0 Å². The monoisotopic (exact) mass is 337 g/mol. The molecule has 122 valence electrons. The van der Waals surface area contributed by atoms with E-state index in [4.69, 9.17) is 17.0 Å². The zero-order valence-electron chi connectivity index (χ0n) is 12.7. The summed E-state index contributed by atoms with van der Waals surface area (Å²) >= 11 is 5.10. The van der Waals surface area contributed by atoms with E-state index in [-0.39, 0.29) is 11.7 Å². The highest BCUT2D eigenvalue weighted by atomic mass is 32.1. The van der Waals surface area contributed by atoms with Gasteiger partial charge in [0.1, 0.15) is 0 Å². The van der Waals surface area contributed by atoms with E-state index in [0.29, 0.717) is 16.2 Å². The van der Waals surface area contributed by atoms with E-state index in [9.17, 15) is 15.2 Å². The molecule has 23 heavy (non-hydrogen) atoms. The Balaban J connectivity index is 2.48. The van der Waals surface area contributed by atoms with Crippen LogP contribution in [0.25, 0.3) is 0 Å². The number of hydrogen-bond acceptors (Lipinski definition) is 7. The number of nitro groups is 1. The lowest BCUT2D eigenvalue weighted by atomic mass is 10.2. The van der Waals surface area contributed by atoms with Crippen molar-refractivity contribution in [3.63, 3.8) is 0 Å². The fraction of sp³-hybridized carbons (Fsp3) is 0.308. The van der Waals surface area contributed by atoms with Crippen molar-refractivity contribution in [1.82, 2.24) is 14.9 Å². The number of aromatic hydroxyl groups is 1. The second-order valence-corrected chi connectivity index (χ2v) is 5.33. The first-order chi connectivity index (χ1) is 10.8. The van der Waals surface area contributed by atoms with Crippen molar-refractivity contribution in [1.29, 1.82) is 0 Å². The Kier molecular flexibility index (Phi) is 4.74. The third kappa shape index (κ3) is 3.37. The van der Waals surface area contributed by atoms with Crippen molar-refractivity contribution in [3.8, 4) is 11.5 Å². The van der Waals surface area contributed by atoms with Gasteiger partial charge in [0.05, 0.1) is 18.2 Å². The van der Waals surface area contributed by atoms with Crippen LogP contribution in [0.2, 0.25) is 0 Å². The molecule has 0 bridgehead atoms. The molecule has 0 fully saturated rings. The Morgan fingerprint density at radius 1 is 1.57 bits per heavy atom. The number of hydrogen-bond donors (Lipinski definition) is 2. The van der Waals surface area contributed by atoms with E-state index in [1.165, 1.54) is 30.1 Å². The summed E-state index contributed by atoms with van der Waals surface area (Å²) in [6.45, 7) is 3.87. The highest BCUT2D eigenvalue weighted by Gasteiger charge is 2.19. The maximum absolute atomic E-state index is 11.0. The molecule has 1 aromatic heterocycles. The molecular weight excluding hydrogens is 322 g/mol. The molecule has 1 aromatic carbocycles. The number of H-pyrrole nitrogens is 1. The van der Waals surface area contributed by atoms with Gasteiger partial charge >= 0.3 is 5.69 Å². The third-order valence-electron chi connectivity index (χ3n) is 3.01. The van der Waals surface area contributed by atoms with Crippen molar-refractivity contribution in [3.05, 3.63) is 38.4 Å². The molecule has 0 unspecified atom stereocenters. The molecule has 0 saturated heterocycles.